The molecular formula is C54H95N19O11. The minimum atomic E-state index is -1.74. The van der Waals surface area contributed by atoms with Crippen molar-refractivity contribution in [2.24, 2.45) is 84.5 Å². The van der Waals surface area contributed by atoms with E-state index in [1.807, 2.05) is 27.7 Å². The molecule has 0 radical (unpaired) electrons. The van der Waals surface area contributed by atoms with E-state index in [-0.39, 0.29) is 101 Å². The molecular weight excluding hydrogens is 1090 g/mol. The van der Waals surface area contributed by atoms with Crippen LogP contribution in [0.25, 0.3) is 0 Å². The predicted molar refractivity (Wildman–Crippen MR) is 318 cm³/mol. The molecule has 1 aromatic rings. The second-order valence-electron chi connectivity index (χ2n) is 21.9. The van der Waals surface area contributed by atoms with Crippen molar-refractivity contribution < 1.29 is 53.1 Å². The van der Waals surface area contributed by atoms with Crippen LogP contribution in [0, 0.1) is 23.7 Å². The van der Waals surface area contributed by atoms with Crippen molar-refractivity contribution in [1.29, 1.82) is 0 Å². The first kappa shape index (κ1) is 73.7. The molecule has 25 N–H and O–H groups in total. The van der Waals surface area contributed by atoms with Crippen LogP contribution in [0.15, 0.2) is 45.3 Å². The standard InChI is InChI=1S/C54H95N19O11/c1-9-31(8)42(50(82)71-39(51(83)84)26-32-16-11-10-12-17-32)73-48(80)38(27-40(56)74)70-45(77)34(19-14-22-64-53(59)60)66-44(76)35(20-15-23-65-54(61)62)67-49(81)41(30(6)7)72-47(79)37(25-29(4)5)69-46(78)36(24-28(2)3)68-43(75)33(55)18-13-21-63-52(57)58/h10-12,16-17,28-31,33-39,41-42H,9,13-15,18-27,55H2,1-8H3,(H2,56,74)(H,66,76)(H,67,81)(H,68,75)(H,69,78)(H,70,77)(H,71,82)(H,72,79)(H,73,80)(H,83,84)(H4,57,58,63)(H4,59,60,64)(H4,61,62,65)/t31-,33-,34-,35-,36-,37-,38-,39-,41-,42-/m0/s1. The lowest BCUT2D eigenvalue weighted by atomic mass is 9.96. The fourth-order valence-corrected chi connectivity index (χ4v) is 8.42. The van der Waals surface area contributed by atoms with E-state index in [4.69, 9.17) is 45.9 Å². The van der Waals surface area contributed by atoms with E-state index in [0.29, 0.717) is 18.4 Å². The molecule has 0 heterocycles. The van der Waals surface area contributed by atoms with Crippen molar-refractivity contribution >= 4 is 77.0 Å². The zero-order chi connectivity index (χ0) is 63.8. The molecule has 0 aliphatic carbocycles. The number of nitrogens with two attached hydrogens (primary N) is 8. The molecule has 0 aliphatic rings. The molecule has 0 unspecified atom stereocenters. The highest BCUT2D eigenvalue weighted by Gasteiger charge is 2.37. The van der Waals surface area contributed by atoms with Crippen LogP contribution < -0.4 is 88.4 Å². The molecule has 0 aromatic heterocycles. The average Bonchev–Trinajstić information content (AvgIpc) is 3.46. The van der Waals surface area contributed by atoms with E-state index in [1.54, 1.807) is 58.0 Å². The molecule has 84 heavy (non-hydrogen) atoms. The molecule has 0 fully saturated rings. The molecule has 0 spiro atoms. The number of benzene rings is 1. The zero-order valence-corrected chi connectivity index (χ0v) is 49.8. The number of carboxylic acid groups (broad SMARTS) is 1. The van der Waals surface area contributed by atoms with Crippen LogP contribution in [0.5, 0.6) is 0 Å². The lowest BCUT2D eigenvalue weighted by molar-refractivity contribution is -0.142. The number of primary amides is 1. The number of aliphatic imine (C=N–C) groups is 3. The lowest BCUT2D eigenvalue weighted by Crippen LogP contribution is -2.61. The summed E-state index contributed by atoms with van der Waals surface area (Å²) in [6, 6.07) is -3.56. The Hall–Kier alpha value is -8.31. The number of hydrogen-bond acceptors (Lipinski definition) is 14. The third kappa shape index (κ3) is 29.6. The Morgan fingerprint density at radius 3 is 1.26 bits per heavy atom. The zero-order valence-electron chi connectivity index (χ0n) is 49.8. The van der Waals surface area contributed by atoms with Gasteiger partial charge in [-0.2, -0.15) is 0 Å². The normalized spacial score (nSPS) is 14.7. The van der Waals surface area contributed by atoms with Gasteiger partial charge in [0.1, 0.15) is 48.3 Å². The van der Waals surface area contributed by atoms with Crippen LogP contribution in [-0.4, -0.2) is 156 Å². The van der Waals surface area contributed by atoms with Crippen molar-refractivity contribution in [2.45, 2.75) is 180 Å². The van der Waals surface area contributed by atoms with Crippen LogP contribution in [0.3, 0.4) is 0 Å². The predicted octanol–water partition coefficient (Wildman–Crippen LogP) is -3.65. The highest BCUT2D eigenvalue weighted by atomic mass is 16.4. The van der Waals surface area contributed by atoms with Gasteiger partial charge < -0.3 is 93.5 Å². The first-order valence-corrected chi connectivity index (χ1v) is 28.3. The monoisotopic (exact) mass is 1190 g/mol. The number of hydrogen-bond donors (Lipinski definition) is 17. The van der Waals surface area contributed by atoms with Gasteiger partial charge in [-0.05, 0) is 80.6 Å². The van der Waals surface area contributed by atoms with E-state index >= 15 is 0 Å². The summed E-state index contributed by atoms with van der Waals surface area (Å²) in [5.74, 6) is -11.2. The number of carboxylic acids is 1. The van der Waals surface area contributed by atoms with E-state index in [9.17, 15) is 53.1 Å². The smallest absolute Gasteiger partial charge is 0.326 e. The van der Waals surface area contributed by atoms with Gasteiger partial charge in [-0.15, -0.1) is 0 Å². The molecule has 1 rings (SSSR count). The lowest BCUT2D eigenvalue weighted by Gasteiger charge is -2.30. The Morgan fingerprint density at radius 2 is 0.833 bits per heavy atom. The van der Waals surface area contributed by atoms with Gasteiger partial charge in [0.05, 0.1) is 12.5 Å². The Morgan fingerprint density at radius 1 is 0.464 bits per heavy atom. The summed E-state index contributed by atoms with van der Waals surface area (Å²) in [6.45, 7) is 14.2. The Balaban J connectivity index is 3.61. The van der Waals surface area contributed by atoms with E-state index < -0.39 is 132 Å². The van der Waals surface area contributed by atoms with Crippen LogP contribution >= 0.6 is 0 Å². The van der Waals surface area contributed by atoms with Gasteiger partial charge in [0.25, 0.3) is 0 Å². The fraction of sp³-hybridized carbons (Fsp3) is 0.648. The van der Waals surface area contributed by atoms with Gasteiger partial charge in [-0.1, -0.05) is 92.1 Å². The number of amides is 9. The topological polar surface area (TPSA) is 532 Å². The summed E-state index contributed by atoms with van der Waals surface area (Å²) in [5.41, 5.74) is 45.2. The molecule has 30 heteroatoms. The first-order valence-electron chi connectivity index (χ1n) is 28.3. The maximum absolute atomic E-state index is 14.5. The van der Waals surface area contributed by atoms with Gasteiger partial charge in [0.15, 0.2) is 17.9 Å². The van der Waals surface area contributed by atoms with Crippen molar-refractivity contribution in [2.75, 3.05) is 19.6 Å². The van der Waals surface area contributed by atoms with Gasteiger partial charge in [0.2, 0.25) is 53.2 Å². The third-order valence-electron chi connectivity index (χ3n) is 13.1. The van der Waals surface area contributed by atoms with Crippen molar-refractivity contribution in [3.05, 3.63) is 35.9 Å². The quantitative estimate of drug-likeness (QED) is 0.0171. The first-order chi connectivity index (χ1) is 39.4. The second-order valence-corrected chi connectivity index (χ2v) is 21.9. The van der Waals surface area contributed by atoms with E-state index in [2.05, 4.69) is 57.5 Å². The number of aliphatic carboxylic acids is 1. The number of rotatable bonds is 40. The summed E-state index contributed by atoms with van der Waals surface area (Å²) < 4.78 is 0. The van der Waals surface area contributed by atoms with Crippen LogP contribution in [0.2, 0.25) is 0 Å². The molecule has 10 atom stereocenters. The van der Waals surface area contributed by atoms with Crippen molar-refractivity contribution in [3.63, 3.8) is 0 Å². The minimum absolute atomic E-state index is 0.00147. The molecule has 0 saturated heterocycles. The summed E-state index contributed by atoms with van der Waals surface area (Å²) in [7, 11) is 0. The molecule has 472 valence electrons. The van der Waals surface area contributed by atoms with Crippen LogP contribution in [-0.2, 0) is 54.4 Å². The molecule has 9 amide bonds. The maximum Gasteiger partial charge on any atom is 0.326 e. The fourth-order valence-electron chi connectivity index (χ4n) is 8.42. The number of guanidine groups is 3. The van der Waals surface area contributed by atoms with Crippen LogP contribution in [0.4, 0.5) is 0 Å². The Labute approximate surface area is 491 Å². The Bertz CT molecular complexity index is 2410. The van der Waals surface area contributed by atoms with Gasteiger partial charge in [0, 0.05) is 26.1 Å². The molecule has 30 nitrogen and oxygen atoms in total. The molecule has 0 bridgehead atoms. The minimum Gasteiger partial charge on any atom is -0.480 e. The average molecular weight is 1190 g/mol. The summed E-state index contributed by atoms with van der Waals surface area (Å²) in [4.78, 5) is 149. The Kier molecular flexibility index (Phi) is 33.7. The summed E-state index contributed by atoms with van der Waals surface area (Å²) in [6.07, 6.45) is 0.188. The third-order valence-corrected chi connectivity index (χ3v) is 13.1. The van der Waals surface area contributed by atoms with Crippen molar-refractivity contribution in [3.8, 4) is 0 Å². The van der Waals surface area contributed by atoms with Gasteiger partial charge >= 0.3 is 5.97 Å². The van der Waals surface area contributed by atoms with Crippen LogP contribution in [0.1, 0.15) is 125 Å². The SMILES string of the molecule is CC[C@H](C)[C@H](NC(=O)[C@H](CC(N)=O)NC(=O)[C@H](CCCN=C(N)N)NC(=O)[C@H](CCCN=C(N)N)NC(=O)[C@@H](NC(=O)[C@H](CC(C)C)NC(=O)[C@H](CC(C)C)NC(=O)[C@@H](N)CCCN=C(N)N)C(C)C)C(=O)N[C@@H](Cc1ccccc1)C(=O)O. The molecule has 0 saturated carbocycles. The number of carbonyl (C=O) groups is 10. The largest absolute Gasteiger partial charge is 0.480 e. The number of nitrogens with zero attached hydrogens (tertiary/aromatic N) is 3. The highest BCUT2D eigenvalue weighted by molar-refractivity contribution is 5.99. The summed E-state index contributed by atoms with van der Waals surface area (Å²) >= 11 is 0. The molecule has 1 aromatic carbocycles. The summed E-state index contributed by atoms with van der Waals surface area (Å²) in [5, 5.41) is 30.9. The highest BCUT2D eigenvalue weighted by Crippen LogP contribution is 2.15. The number of carbonyl (C=O) groups excluding carboxylic acids is 9. The van der Waals surface area contributed by atoms with Crippen molar-refractivity contribution in [1.82, 2.24) is 42.5 Å². The molecule has 0 aliphatic heterocycles. The van der Waals surface area contributed by atoms with E-state index in [0.717, 1.165) is 0 Å². The maximum atomic E-state index is 14.5. The second kappa shape index (κ2) is 38.5. The number of nitrogens with one attached hydrogen (secondary N) is 8. The van der Waals surface area contributed by atoms with E-state index in [1.165, 1.54) is 0 Å². The van der Waals surface area contributed by atoms with Gasteiger partial charge in [-0.3, -0.25) is 58.1 Å². The van der Waals surface area contributed by atoms with Gasteiger partial charge in [-0.25, -0.2) is 4.79 Å².